The van der Waals surface area contributed by atoms with E-state index in [2.05, 4.69) is 4.98 Å². The highest BCUT2D eigenvalue weighted by Crippen LogP contribution is 2.22. The van der Waals surface area contributed by atoms with Gasteiger partial charge in [0.2, 0.25) is 0 Å². The number of thiophene rings is 1. The largest absolute Gasteiger partial charge is 0.456 e. The fraction of sp³-hybridized carbons (Fsp3) is 0.278. The third-order valence-corrected chi connectivity index (χ3v) is 5.59. The zero-order valence-corrected chi connectivity index (χ0v) is 15.4. The van der Waals surface area contributed by atoms with Crippen LogP contribution in [0.4, 0.5) is 0 Å². The maximum atomic E-state index is 12.0. The molecule has 1 aromatic carbocycles. The lowest BCUT2D eigenvalue weighted by Gasteiger charge is -2.16. The van der Waals surface area contributed by atoms with Crippen LogP contribution in [-0.4, -0.2) is 35.4 Å². The number of para-hydroxylation sites is 1. The van der Waals surface area contributed by atoms with E-state index in [9.17, 15) is 9.59 Å². The number of thiazole rings is 1. The van der Waals surface area contributed by atoms with Gasteiger partial charge in [-0.05, 0) is 23.6 Å². The van der Waals surface area contributed by atoms with Crippen LogP contribution in [0.5, 0.6) is 0 Å². The molecule has 0 radical (unpaired) electrons. The fourth-order valence-corrected chi connectivity index (χ4v) is 4.01. The molecule has 3 aromatic rings. The summed E-state index contributed by atoms with van der Waals surface area (Å²) in [5.41, 5.74) is 0.946. The fourth-order valence-electron chi connectivity index (χ4n) is 2.28. The first-order chi connectivity index (χ1) is 12.1. The van der Waals surface area contributed by atoms with E-state index < -0.39 is 0 Å². The summed E-state index contributed by atoms with van der Waals surface area (Å²) in [6.45, 7) is 0.306. The lowest BCUT2D eigenvalue weighted by atomic mass is 10.3. The van der Waals surface area contributed by atoms with Gasteiger partial charge in [-0.1, -0.05) is 18.2 Å². The van der Waals surface area contributed by atoms with Crippen LogP contribution in [0.2, 0.25) is 0 Å². The number of benzene rings is 1. The Labute approximate surface area is 153 Å². The molecule has 0 spiro atoms. The molecular formula is C18H18N2O3S2. The number of hydrogen-bond acceptors (Lipinski definition) is 6. The van der Waals surface area contributed by atoms with Crippen LogP contribution < -0.4 is 0 Å². The minimum Gasteiger partial charge on any atom is -0.456 e. The zero-order chi connectivity index (χ0) is 17.6. The predicted octanol–water partition coefficient (Wildman–Crippen LogP) is 3.49. The number of carbonyl (C=O) groups excluding carboxylic acids is 2. The van der Waals surface area contributed by atoms with Crippen LogP contribution in [0.15, 0.2) is 41.8 Å². The first-order valence-electron chi connectivity index (χ1n) is 7.88. The van der Waals surface area contributed by atoms with Crippen molar-refractivity contribution in [2.75, 3.05) is 13.7 Å². The van der Waals surface area contributed by atoms with Gasteiger partial charge in [0.05, 0.1) is 28.2 Å². The van der Waals surface area contributed by atoms with Gasteiger partial charge in [-0.3, -0.25) is 9.59 Å². The summed E-state index contributed by atoms with van der Waals surface area (Å²) in [4.78, 5) is 31.0. The number of carbonyl (C=O) groups is 2. The standard InChI is InChI=1S/C18H18N2O3S2/c1-20(11-13-5-4-10-24-13)17(21)12-23-18(22)9-8-16-19-14-6-2-3-7-15(14)25-16/h2-7,10H,8-9,11-12H2,1H3. The summed E-state index contributed by atoms with van der Waals surface area (Å²) in [6, 6.07) is 11.8. The van der Waals surface area contributed by atoms with Gasteiger partial charge >= 0.3 is 5.97 Å². The van der Waals surface area contributed by atoms with Crippen LogP contribution in [0, 0.1) is 0 Å². The Morgan fingerprint density at radius 3 is 2.80 bits per heavy atom. The summed E-state index contributed by atoms with van der Waals surface area (Å²) < 4.78 is 6.20. The second-order valence-electron chi connectivity index (χ2n) is 5.57. The maximum Gasteiger partial charge on any atom is 0.306 e. The van der Waals surface area contributed by atoms with Gasteiger partial charge in [-0.2, -0.15) is 0 Å². The normalized spacial score (nSPS) is 10.8. The molecule has 2 heterocycles. The number of rotatable bonds is 7. The number of likely N-dealkylation sites (N-methyl/N-ethyl adjacent to an activating group) is 1. The minimum absolute atomic E-state index is 0.207. The van der Waals surface area contributed by atoms with Crippen molar-refractivity contribution in [3.8, 4) is 0 Å². The van der Waals surface area contributed by atoms with Crippen molar-refractivity contribution in [2.45, 2.75) is 19.4 Å². The molecule has 0 fully saturated rings. The van der Waals surface area contributed by atoms with Crippen LogP contribution >= 0.6 is 22.7 Å². The second-order valence-corrected chi connectivity index (χ2v) is 7.71. The summed E-state index contributed by atoms with van der Waals surface area (Å²) >= 11 is 3.17. The molecular weight excluding hydrogens is 356 g/mol. The molecule has 0 saturated heterocycles. The molecule has 0 bridgehead atoms. The first kappa shape index (κ1) is 17.6. The number of ether oxygens (including phenoxy) is 1. The topological polar surface area (TPSA) is 59.5 Å². The van der Waals surface area contributed by atoms with Crippen molar-refractivity contribution in [3.63, 3.8) is 0 Å². The molecule has 7 heteroatoms. The van der Waals surface area contributed by atoms with E-state index in [1.54, 1.807) is 34.6 Å². The Balaban J connectivity index is 1.42. The third-order valence-electron chi connectivity index (χ3n) is 3.64. The highest BCUT2D eigenvalue weighted by molar-refractivity contribution is 7.18. The summed E-state index contributed by atoms with van der Waals surface area (Å²) in [5, 5.41) is 2.87. The SMILES string of the molecule is CN(Cc1cccs1)C(=O)COC(=O)CCc1nc2ccccc2s1. The molecule has 0 saturated carbocycles. The van der Waals surface area contributed by atoms with E-state index in [1.165, 1.54) is 0 Å². The van der Waals surface area contributed by atoms with Gasteiger partial charge in [0, 0.05) is 18.3 Å². The van der Waals surface area contributed by atoms with Gasteiger partial charge < -0.3 is 9.64 Å². The summed E-state index contributed by atoms with van der Waals surface area (Å²) in [7, 11) is 1.71. The van der Waals surface area contributed by atoms with E-state index in [0.717, 1.165) is 20.1 Å². The molecule has 1 amide bonds. The van der Waals surface area contributed by atoms with Gasteiger partial charge in [0.15, 0.2) is 6.61 Å². The van der Waals surface area contributed by atoms with Crippen molar-refractivity contribution in [1.29, 1.82) is 0 Å². The first-order valence-corrected chi connectivity index (χ1v) is 9.58. The molecule has 25 heavy (non-hydrogen) atoms. The van der Waals surface area contributed by atoms with Crippen LogP contribution in [0.25, 0.3) is 10.2 Å². The predicted molar refractivity (Wildman–Crippen MR) is 99.7 cm³/mol. The minimum atomic E-state index is -0.378. The lowest BCUT2D eigenvalue weighted by Crippen LogP contribution is -2.30. The molecule has 0 atom stereocenters. The van der Waals surface area contributed by atoms with E-state index in [4.69, 9.17) is 4.74 Å². The third kappa shape index (κ3) is 4.87. The quantitative estimate of drug-likeness (QED) is 0.594. The van der Waals surface area contributed by atoms with Crippen LogP contribution in [0.3, 0.4) is 0 Å². The van der Waals surface area contributed by atoms with Gasteiger partial charge in [0.1, 0.15) is 0 Å². The average molecular weight is 374 g/mol. The number of amides is 1. The molecule has 2 aromatic heterocycles. The summed E-state index contributed by atoms with van der Waals surface area (Å²) in [6.07, 6.45) is 0.749. The maximum absolute atomic E-state index is 12.0. The van der Waals surface area contributed by atoms with Gasteiger partial charge in [-0.15, -0.1) is 22.7 Å². The van der Waals surface area contributed by atoms with Gasteiger partial charge in [-0.25, -0.2) is 4.98 Å². The molecule has 130 valence electrons. The Bertz CT molecular complexity index is 825. The van der Waals surface area contributed by atoms with Gasteiger partial charge in [0.25, 0.3) is 5.91 Å². The van der Waals surface area contributed by atoms with Crippen LogP contribution in [-0.2, 0) is 27.3 Å². The highest BCUT2D eigenvalue weighted by Gasteiger charge is 2.13. The van der Waals surface area contributed by atoms with Crippen LogP contribution in [0.1, 0.15) is 16.3 Å². The van der Waals surface area contributed by atoms with Crippen molar-refractivity contribution in [3.05, 3.63) is 51.7 Å². The van der Waals surface area contributed by atoms with Crippen molar-refractivity contribution >= 4 is 44.8 Å². The Morgan fingerprint density at radius 1 is 1.20 bits per heavy atom. The Morgan fingerprint density at radius 2 is 2.04 bits per heavy atom. The number of fused-ring (bicyclic) bond motifs is 1. The smallest absolute Gasteiger partial charge is 0.306 e. The Hall–Kier alpha value is -2.25. The van der Waals surface area contributed by atoms with E-state index in [1.807, 2.05) is 41.8 Å². The number of esters is 1. The monoisotopic (exact) mass is 374 g/mol. The van der Waals surface area contributed by atoms with Crippen molar-refractivity contribution in [1.82, 2.24) is 9.88 Å². The zero-order valence-electron chi connectivity index (χ0n) is 13.8. The molecule has 0 aliphatic heterocycles. The molecule has 0 unspecified atom stereocenters. The highest BCUT2D eigenvalue weighted by atomic mass is 32.1. The molecule has 5 nitrogen and oxygen atoms in total. The number of aryl methyl sites for hydroxylation is 1. The van der Waals surface area contributed by atoms with Crippen molar-refractivity contribution in [2.24, 2.45) is 0 Å². The number of hydrogen-bond donors (Lipinski definition) is 0. The van der Waals surface area contributed by atoms with Crippen molar-refractivity contribution < 1.29 is 14.3 Å². The lowest BCUT2D eigenvalue weighted by molar-refractivity contribution is -0.151. The molecule has 3 rings (SSSR count). The van der Waals surface area contributed by atoms with E-state index in [-0.39, 0.29) is 24.9 Å². The average Bonchev–Trinajstić information content (AvgIpc) is 3.26. The number of nitrogens with zero attached hydrogens (tertiary/aromatic N) is 2. The Kier molecular flexibility index (Phi) is 5.78. The summed E-state index contributed by atoms with van der Waals surface area (Å²) in [5.74, 6) is -0.584. The molecule has 0 N–H and O–H groups in total. The molecule has 0 aliphatic carbocycles. The number of aromatic nitrogens is 1. The second kappa shape index (κ2) is 8.22. The van der Waals surface area contributed by atoms with E-state index in [0.29, 0.717) is 13.0 Å². The molecule has 0 aliphatic rings. The van der Waals surface area contributed by atoms with E-state index >= 15 is 0 Å².